The van der Waals surface area contributed by atoms with Gasteiger partial charge in [0.05, 0.1) is 30.9 Å². The first kappa shape index (κ1) is 31.7. The molecule has 2 aromatic heterocycles. The largest absolute Gasteiger partial charge is 0.444 e. The van der Waals surface area contributed by atoms with Crippen LogP contribution in [0.4, 0.5) is 4.79 Å². The fourth-order valence-electron chi connectivity index (χ4n) is 4.91. The van der Waals surface area contributed by atoms with Crippen molar-refractivity contribution in [3.63, 3.8) is 0 Å². The standard InChI is InChI=1S/C31H38N6O5S/c1-5-6-12-23(27(39)28(40)34-20(2)21-10-8-7-9-11-21)36-30(41)42-25-17-37(19-31(25,3)4)26(38)15-22-18-43-29(35-22)24-16-32-13-14-33-24/h7-11,13-14,16,18,20,23,25H,5-6,12,15,17,19H2,1-4H3,(H,34,40)(H,36,41)/t20-,23+,25-/m1/s1. The molecule has 1 aliphatic rings. The summed E-state index contributed by atoms with van der Waals surface area (Å²) < 4.78 is 5.75. The van der Waals surface area contributed by atoms with Crippen LogP contribution >= 0.6 is 11.3 Å². The van der Waals surface area contributed by atoms with Crippen LogP contribution in [0.3, 0.4) is 0 Å². The van der Waals surface area contributed by atoms with Gasteiger partial charge in [0.2, 0.25) is 11.7 Å². The predicted octanol–water partition coefficient (Wildman–Crippen LogP) is 4.11. The molecule has 43 heavy (non-hydrogen) atoms. The molecule has 1 fully saturated rings. The summed E-state index contributed by atoms with van der Waals surface area (Å²) in [6.07, 6.45) is 5.25. The lowest BCUT2D eigenvalue weighted by atomic mass is 9.90. The third-order valence-corrected chi connectivity index (χ3v) is 8.36. The van der Waals surface area contributed by atoms with Gasteiger partial charge in [-0.25, -0.2) is 9.78 Å². The van der Waals surface area contributed by atoms with E-state index in [2.05, 4.69) is 25.6 Å². The molecular formula is C31H38N6O5S. The number of carbonyl (C=O) groups excluding carboxylic acids is 4. The number of unbranched alkanes of at least 4 members (excludes halogenated alkanes) is 1. The Labute approximate surface area is 255 Å². The highest BCUT2D eigenvalue weighted by Gasteiger charge is 2.44. The lowest BCUT2D eigenvalue weighted by molar-refractivity contribution is -0.139. The quantitative estimate of drug-likeness (QED) is 0.293. The topological polar surface area (TPSA) is 143 Å². The molecular weight excluding hydrogens is 568 g/mol. The summed E-state index contributed by atoms with van der Waals surface area (Å²) in [7, 11) is 0. The van der Waals surface area contributed by atoms with Gasteiger partial charge in [-0.05, 0) is 18.9 Å². The number of nitrogens with zero attached hydrogens (tertiary/aromatic N) is 4. The Morgan fingerprint density at radius 2 is 1.91 bits per heavy atom. The van der Waals surface area contributed by atoms with Crippen molar-refractivity contribution in [2.75, 3.05) is 13.1 Å². The van der Waals surface area contributed by atoms with Gasteiger partial charge in [-0.2, -0.15) is 0 Å². The van der Waals surface area contributed by atoms with Crippen molar-refractivity contribution < 1.29 is 23.9 Å². The second kappa shape index (κ2) is 14.3. The monoisotopic (exact) mass is 606 g/mol. The highest BCUT2D eigenvalue weighted by atomic mass is 32.1. The van der Waals surface area contributed by atoms with Crippen LogP contribution in [-0.2, 0) is 25.5 Å². The van der Waals surface area contributed by atoms with Crippen LogP contribution in [0.5, 0.6) is 0 Å². The summed E-state index contributed by atoms with van der Waals surface area (Å²) in [6.45, 7) is 8.21. The second-order valence-corrected chi connectivity index (χ2v) is 12.2. The number of Topliss-reactive ketones (excluding diaryl/α,β-unsaturated/α-hetero) is 1. The van der Waals surface area contributed by atoms with Gasteiger partial charge in [-0.15, -0.1) is 11.3 Å². The molecule has 12 heteroatoms. The molecule has 3 heterocycles. The van der Waals surface area contributed by atoms with E-state index in [-0.39, 0.29) is 24.9 Å². The first-order valence-electron chi connectivity index (χ1n) is 14.4. The molecule has 2 N–H and O–H groups in total. The fraction of sp³-hybridized carbons (Fsp3) is 0.452. The molecule has 4 rings (SSSR count). The summed E-state index contributed by atoms with van der Waals surface area (Å²) in [5.74, 6) is -1.62. The Morgan fingerprint density at radius 1 is 1.14 bits per heavy atom. The van der Waals surface area contributed by atoms with Gasteiger partial charge in [0.15, 0.2) is 0 Å². The van der Waals surface area contributed by atoms with E-state index in [0.717, 1.165) is 12.0 Å². The van der Waals surface area contributed by atoms with Gasteiger partial charge in [0.1, 0.15) is 22.8 Å². The zero-order chi connectivity index (χ0) is 31.0. The maximum Gasteiger partial charge on any atom is 0.408 e. The highest BCUT2D eigenvalue weighted by molar-refractivity contribution is 7.13. The maximum atomic E-state index is 13.1. The number of ketones is 1. The Hall–Kier alpha value is -4.19. The van der Waals surface area contributed by atoms with Gasteiger partial charge in [-0.3, -0.25) is 24.4 Å². The molecule has 3 aromatic rings. The Morgan fingerprint density at radius 3 is 2.60 bits per heavy atom. The van der Waals surface area contributed by atoms with Crippen LogP contribution in [0, 0.1) is 5.41 Å². The molecule has 0 saturated carbocycles. The molecule has 0 bridgehead atoms. The number of thiazole rings is 1. The molecule has 1 aromatic carbocycles. The number of carbonyl (C=O) groups is 4. The van der Waals surface area contributed by atoms with Crippen molar-refractivity contribution in [3.8, 4) is 10.7 Å². The van der Waals surface area contributed by atoms with E-state index in [1.165, 1.54) is 11.3 Å². The lowest BCUT2D eigenvalue weighted by Gasteiger charge is -2.26. The molecule has 0 radical (unpaired) electrons. The van der Waals surface area contributed by atoms with Crippen LogP contribution in [0.15, 0.2) is 54.3 Å². The van der Waals surface area contributed by atoms with Crippen LogP contribution < -0.4 is 10.6 Å². The van der Waals surface area contributed by atoms with Crippen molar-refractivity contribution in [1.29, 1.82) is 0 Å². The molecule has 228 valence electrons. The zero-order valence-electron chi connectivity index (χ0n) is 24.9. The molecule has 0 spiro atoms. The molecule has 1 saturated heterocycles. The predicted molar refractivity (Wildman–Crippen MR) is 162 cm³/mol. The summed E-state index contributed by atoms with van der Waals surface area (Å²) in [5.41, 5.74) is 1.62. The van der Waals surface area contributed by atoms with Crippen molar-refractivity contribution in [2.24, 2.45) is 5.41 Å². The number of nitrogens with one attached hydrogen (secondary N) is 2. The van der Waals surface area contributed by atoms with Gasteiger partial charge in [0, 0.05) is 29.7 Å². The van der Waals surface area contributed by atoms with E-state index in [1.807, 2.05) is 56.5 Å². The van der Waals surface area contributed by atoms with Gasteiger partial charge in [-0.1, -0.05) is 63.9 Å². The minimum absolute atomic E-state index is 0.107. The minimum atomic E-state index is -1.02. The van der Waals surface area contributed by atoms with Crippen LogP contribution in [0.2, 0.25) is 0 Å². The number of hydrogen-bond acceptors (Lipinski definition) is 9. The Bertz CT molecular complexity index is 1410. The third kappa shape index (κ3) is 8.44. The highest BCUT2D eigenvalue weighted by Crippen LogP contribution is 2.33. The smallest absolute Gasteiger partial charge is 0.408 e. The van der Waals surface area contributed by atoms with Crippen molar-refractivity contribution >= 4 is 35.0 Å². The van der Waals surface area contributed by atoms with E-state index in [1.54, 1.807) is 30.4 Å². The molecule has 1 aliphatic heterocycles. The first-order chi connectivity index (χ1) is 20.6. The van der Waals surface area contributed by atoms with E-state index in [0.29, 0.717) is 35.8 Å². The molecule has 3 amide bonds. The molecule has 3 atom stereocenters. The number of hydrogen-bond donors (Lipinski definition) is 2. The number of alkyl carbamates (subject to hydrolysis) is 1. The van der Waals surface area contributed by atoms with Crippen molar-refractivity contribution in [3.05, 3.63) is 65.6 Å². The minimum Gasteiger partial charge on any atom is -0.444 e. The first-order valence-corrected chi connectivity index (χ1v) is 15.3. The SMILES string of the molecule is CCCC[C@H](NC(=O)O[C@@H]1CN(C(=O)Cc2csc(-c3cnccn3)n2)CC1(C)C)C(=O)C(=O)N[C@H](C)c1ccccc1. The maximum absolute atomic E-state index is 13.1. The number of ether oxygens (including phenoxy) is 1. The summed E-state index contributed by atoms with van der Waals surface area (Å²) >= 11 is 1.40. The van der Waals surface area contributed by atoms with Crippen LogP contribution in [0.25, 0.3) is 10.7 Å². The van der Waals surface area contributed by atoms with Crippen LogP contribution in [-0.4, -0.2) is 68.8 Å². The van der Waals surface area contributed by atoms with E-state index in [9.17, 15) is 19.2 Å². The average molecular weight is 607 g/mol. The molecule has 11 nitrogen and oxygen atoms in total. The van der Waals surface area contributed by atoms with E-state index in [4.69, 9.17) is 4.74 Å². The Balaban J connectivity index is 1.33. The second-order valence-electron chi connectivity index (χ2n) is 11.4. The number of aromatic nitrogens is 3. The van der Waals surface area contributed by atoms with E-state index < -0.39 is 35.3 Å². The summed E-state index contributed by atoms with van der Waals surface area (Å²) in [6, 6.07) is 7.93. The molecule has 0 aliphatic carbocycles. The Kier molecular flexibility index (Phi) is 10.6. The van der Waals surface area contributed by atoms with Gasteiger partial charge >= 0.3 is 6.09 Å². The normalized spacial score (nSPS) is 17.1. The number of rotatable bonds is 12. The fourth-order valence-corrected chi connectivity index (χ4v) is 5.69. The van der Waals surface area contributed by atoms with Crippen LogP contribution in [0.1, 0.15) is 64.3 Å². The average Bonchev–Trinajstić information content (AvgIpc) is 3.59. The number of benzene rings is 1. The summed E-state index contributed by atoms with van der Waals surface area (Å²) in [5, 5.41) is 7.86. The van der Waals surface area contributed by atoms with Gasteiger partial charge in [0.25, 0.3) is 5.91 Å². The van der Waals surface area contributed by atoms with Crippen molar-refractivity contribution in [2.45, 2.75) is 71.6 Å². The summed E-state index contributed by atoms with van der Waals surface area (Å²) in [4.78, 5) is 66.5. The zero-order valence-corrected chi connectivity index (χ0v) is 25.7. The number of amides is 3. The third-order valence-electron chi connectivity index (χ3n) is 7.45. The van der Waals surface area contributed by atoms with Gasteiger partial charge < -0.3 is 20.3 Å². The lowest BCUT2D eigenvalue weighted by Crippen LogP contribution is -2.49. The molecule has 0 unspecified atom stereocenters. The number of likely N-dealkylation sites (tertiary alicyclic amines) is 1. The van der Waals surface area contributed by atoms with E-state index >= 15 is 0 Å². The van der Waals surface area contributed by atoms with Crippen molar-refractivity contribution in [1.82, 2.24) is 30.5 Å².